The van der Waals surface area contributed by atoms with Crippen molar-refractivity contribution in [3.8, 4) is 0 Å². The zero-order valence-corrected chi connectivity index (χ0v) is 25.3. The molecule has 224 valence electrons. The minimum Gasteiger partial charge on any atom is -0.481 e. The Labute approximate surface area is 240 Å². The molecule has 0 saturated heterocycles. The molecule has 0 aromatic rings. The van der Waals surface area contributed by atoms with Crippen LogP contribution in [0.3, 0.4) is 0 Å². The lowest BCUT2D eigenvalue weighted by molar-refractivity contribution is -0.173. The fourth-order valence-corrected chi connectivity index (χ4v) is 8.76. The number of hydrogen-bond donors (Lipinski definition) is 2. The van der Waals surface area contributed by atoms with Gasteiger partial charge in [-0.15, -0.1) is 0 Å². The van der Waals surface area contributed by atoms with Gasteiger partial charge in [0, 0.05) is 48.2 Å². The van der Waals surface area contributed by atoms with Crippen LogP contribution < -0.4 is 0 Å². The summed E-state index contributed by atoms with van der Waals surface area (Å²) in [5.74, 6) is -5.29. The number of hydrogen-bond acceptors (Lipinski definition) is 8. The first kappa shape index (κ1) is 31.0. The van der Waals surface area contributed by atoms with E-state index in [1.807, 2.05) is 20.8 Å². The maximum atomic E-state index is 14.6. The monoisotopic (exact) mass is 570 g/mol. The van der Waals surface area contributed by atoms with Crippen LogP contribution in [-0.2, 0) is 33.5 Å². The van der Waals surface area contributed by atoms with E-state index in [-0.39, 0.29) is 47.9 Å². The molecule has 2 fully saturated rings. The number of allylic oxidation sites excluding steroid dienone is 3. The number of ether oxygens (including phenoxy) is 1. The maximum absolute atomic E-state index is 14.6. The SMILES string of the molecule is CC(=O)O[C@@H]1C(=O)C2=C(C(=O)C[C@H]3C(C)(C)[C@@H](O)CC[C@]23C)[C@]2(C)C(=O)C[C@H](/C(C)=C/C(=O)CC(C)C(=O)O)[C@@]12C. The van der Waals surface area contributed by atoms with Crippen LogP contribution >= 0.6 is 0 Å². The third kappa shape index (κ3) is 4.21. The van der Waals surface area contributed by atoms with E-state index in [1.165, 1.54) is 19.9 Å². The van der Waals surface area contributed by atoms with Crippen molar-refractivity contribution in [2.24, 2.45) is 39.4 Å². The van der Waals surface area contributed by atoms with Crippen molar-refractivity contribution >= 4 is 35.1 Å². The molecule has 0 spiro atoms. The molecule has 2 saturated carbocycles. The van der Waals surface area contributed by atoms with E-state index in [9.17, 15) is 39.0 Å². The number of carbonyl (C=O) groups excluding carboxylic acids is 5. The predicted octanol–water partition coefficient (Wildman–Crippen LogP) is 3.80. The lowest BCUT2D eigenvalue weighted by Gasteiger charge is -2.60. The van der Waals surface area contributed by atoms with Gasteiger partial charge >= 0.3 is 11.9 Å². The molecule has 0 aromatic carbocycles. The Morgan fingerprint density at radius 2 is 1.63 bits per heavy atom. The van der Waals surface area contributed by atoms with Gasteiger partial charge in [-0.2, -0.15) is 0 Å². The van der Waals surface area contributed by atoms with Gasteiger partial charge in [-0.3, -0.25) is 28.8 Å². The Morgan fingerprint density at radius 3 is 2.20 bits per heavy atom. The van der Waals surface area contributed by atoms with Crippen LogP contribution in [0.25, 0.3) is 0 Å². The van der Waals surface area contributed by atoms with Gasteiger partial charge in [0.25, 0.3) is 0 Å². The maximum Gasteiger partial charge on any atom is 0.306 e. The second-order valence-corrected chi connectivity index (χ2v) is 14.0. The molecule has 0 heterocycles. The molecule has 4 rings (SSSR count). The first-order chi connectivity index (χ1) is 18.8. The third-order valence-electron chi connectivity index (χ3n) is 11.4. The number of aliphatic hydroxyl groups is 1. The zero-order valence-electron chi connectivity index (χ0n) is 25.3. The number of aliphatic carboxylic acids is 1. The smallest absolute Gasteiger partial charge is 0.306 e. The van der Waals surface area contributed by atoms with E-state index in [0.717, 1.165) is 0 Å². The predicted molar refractivity (Wildman–Crippen MR) is 147 cm³/mol. The molecular formula is C32H42O9. The summed E-state index contributed by atoms with van der Waals surface area (Å²) in [7, 11) is 0. The van der Waals surface area contributed by atoms with Gasteiger partial charge in [0.05, 0.1) is 17.4 Å². The third-order valence-corrected chi connectivity index (χ3v) is 11.4. The summed E-state index contributed by atoms with van der Waals surface area (Å²) in [5.41, 5.74) is -3.44. The second kappa shape index (κ2) is 9.82. The summed E-state index contributed by atoms with van der Waals surface area (Å²) in [6, 6.07) is 0. The van der Waals surface area contributed by atoms with Crippen molar-refractivity contribution in [3.63, 3.8) is 0 Å². The van der Waals surface area contributed by atoms with E-state index in [1.54, 1.807) is 20.8 Å². The lowest BCUT2D eigenvalue weighted by atomic mass is 9.42. The Balaban J connectivity index is 1.94. The van der Waals surface area contributed by atoms with Gasteiger partial charge in [-0.05, 0) is 50.0 Å². The Hall–Kier alpha value is -2.94. The average Bonchev–Trinajstić information content (AvgIpc) is 3.07. The van der Waals surface area contributed by atoms with Crippen molar-refractivity contribution in [3.05, 3.63) is 22.8 Å². The molecule has 41 heavy (non-hydrogen) atoms. The number of Topliss-reactive ketones (excluding diaryl/α,β-unsaturated/α-hetero) is 3. The average molecular weight is 571 g/mol. The quantitative estimate of drug-likeness (QED) is 0.359. The molecule has 8 atom stereocenters. The fraction of sp³-hybridized carbons (Fsp3) is 0.688. The Bertz CT molecular complexity index is 1320. The largest absolute Gasteiger partial charge is 0.481 e. The fourth-order valence-electron chi connectivity index (χ4n) is 8.76. The molecule has 1 unspecified atom stereocenters. The highest BCUT2D eigenvalue weighted by Gasteiger charge is 2.74. The first-order valence-corrected chi connectivity index (χ1v) is 14.4. The normalized spacial score (nSPS) is 39.0. The van der Waals surface area contributed by atoms with Crippen LogP contribution in [0.5, 0.6) is 0 Å². The van der Waals surface area contributed by atoms with Gasteiger partial charge in [0.15, 0.2) is 17.7 Å². The minimum atomic E-state index is -1.47. The van der Waals surface area contributed by atoms with E-state index in [2.05, 4.69) is 0 Å². The summed E-state index contributed by atoms with van der Waals surface area (Å²) < 4.78 is 5.77. The van der Waals surface area contributed by atoms with Crippen molar-refractivity contribution in [2.45, 2.75) is 99.7 Å². The van der Waals surface area contributed by atoms with Crippen molar-refractivity contribution in [1.82, 2.24) is 0 Å². The first-order valence-electron chi connectivity index (χ1n) is 14.4. The highest BCUT2D eigenvalue weighted by Crippen LogP contribution is 2.70. The van der Waals surface area contributed by atoms with Gasteiger partial charge < -0.3 is 14.9 Å². The standard InChI is InChI=1S/C32H42O9/c1-15(11-18(34)12-16(2)28(39)40)19-13-23(37)32(8)24-20(35)14-21-29(4,5)22(36)9-10-30(21,6)25(24)26(38)27(31(19,32)7)41-17(3)33/h11,16,19,21-22,27,36H,9-10,12-14H2,1-8H3,(H,39,40)/b15-11+/t16?,19-,21+,22+,27-,30+,31+,32+/m1/s1. The number of fused-ring (bicyclic) bond motifs is 4. The van der Waals surface area contributed by atoms with Crippen molar-refractivity contribution in [2.75, 3.05) is 0 Å². The molecule has 4 aliphatic rings. The highest BCUT2D eigenvalue weighted by atomic mass is 16.5. The number of aliphatic hydroxyl groups excluding tert-OH is 1. The summed E-state index contributed by atoms with van der Waals surface area (Å²) in [5, 5.41) is 20.1. The van der Waals surface area contributed by atoms with Gasteiger partial charge in [-0.1, -0.05) is 40.2 Å². The molecule has 2 N–H and O–H groups in total. The lowest BCUT2D eigenvalue weighted by Crippen LogP contribution is -2.64. The van der Waals surface area contributed by atoms with Gasteiger partial charge in [0.2, 0.25) is 5.78 Å². The number of rotatable bonds is 6. The van der Waals surface area contributed by atoms with Crippen LogP contribution in [-0.4, -0.2) is 57.5 Å². The minimum absolute atomic E-state index is 0.0729. The van der Waals surface area contributed by atoms with Crippen LogP contribution in [0.1, 0.15) is 87.5 Å². The zero-order chi connectivity index (χ0) is 31.0. The van der Waals surface area contributed by atoms with Crippen LogP contribution in [0, 0.1) is 39.4 Å². The topological polar surface area (TPSA) is 152 Å². The molecule has 0 aromatic heterocycles. The molecule has 4 aliphatic carbocycles. The van der Waals surface area contributed by atoms with Gasteiger partial charge in [0.1, 0.15) is 5.78 Å². The highest BCUT2D eigenvalue weighted by molar-refractivity contribution is 6.18. The van der Waals surface area contributed by atoms with Crippen molar-refractivity contribution < 1.29 is 43.7 Å². The molecular weight excluding hydrogens is 528 g/mol. The molecule has 0 bridgehead atoms. The molecule has 9 heteroatoms. The van der Waals surface area contributed by atoms with E-state index in [0.29, 0.717) is 18.4 Å². The summed E-state index contributed by atoms with van der Waals surface area (Å²) in [6.45, 7) is 13.4. The van der Waals surface area contributed by atoms with Crippen LogP contribution in [0.4, 0.5) is 0 Å². The molecule has 0 amide bonds. The van der Waals surface area contributed by atoms with Gasteiger partial charge in [-0.25, -0.2) is 0 Å². The second-order valence-electron chi connectivity index (χ2n) is 14.0. The number of carboxylic acid groups (broad SMARTS) is 1. The van der Waals surface area contributed by atoms with E-state index < -0.39 is 69.2 Å². The molecule has 0 aliphatic heterocycles. The number of carboxylic acids is 1. The number of carbonyl (C=O) groups is 6. The van der Waals surface area contributed by atoms with Crippen LogP contribution in [0.15, 0.2) is 22.8 Å². The Kier molecular flexibility index (Phi) is 7.42. The summed E-state index contributed by atoms with van der Waals surface area (Å²) in [6.07, 6.45) is -0.0972. The molecule has 0 radical (unpaired) electrons. The summed E-state index contributed by atoms with van der Waals surface area (Å²) in [4.78, 5) is 79.3. The number of ketones is 4. The number of esters is 1. The van der Waals surface area contributed by atoms with Crippen molar-refractivity contribution in [1.29, 1.82) is 0 Å². The van der Waals surface area contributed by atoms with E-state index >= 15 is 0 Å². The van der Waals surface area contributed by atoms with Crippen LogP contribution in [0.2, 0.25) is 0 Å². The van der Waals surface area contributed by atoms with E-state index in [4.69, 9.17) is 4.74 Å². The Morgan fingerprint density at radius 1 is 1.02 bits per heavy atom. The molecule has 9 nitrogen and oxygen atoms in total. The summed E-state index contributed by atoms with van der Waals surface area (Å²) >= 11 is 0.